The van der Waals surface area contributed by atoms with Crippen LogP contribution in [-0.4, -0.2) is 11.8 Å². The highest BCUT2D eigenvalue weighted by atomic mass is 79.9. The SMILES string of the molecule is N#CC(Cc1cc2ccc(Br)cc2s1)N=C(c1ccccc1)c1ccccc1. The summed E-state index contributed by atoms with van der Waals surface area (Å²) < 4.78 is 2.29. The molecule has 0 aliphatic carbocycles. The van der Waals surface area contributed by atoms with Crippen LogP contribution >= 0.6 is 27.3 Å². The third-order valence-corrected chi connectivity index (χ3v) is 6.07. The topological polar surface area (TPSA) is 36.1 Å². The highest BCUT2D eigenvalue weighted by molar-refractivity contribution is 9.10. The molecule has 136 valence electrons. The Morgan fingerprint density at radius 1 is 0.929 bits per heavy atom. The minimum Gasteiger partial charge on any atom is -0.265 e. The van der Waals surface area contributed by atoms with Crippen LogP contribution in [0.4, 0.5) is 0 Å². The molecule has 0 aliphatic rings. The highest BCUT2D eigenvalue weighted by Gasteiger charge is 2.14. The fourth-order valence-electron chi connectivity index (χ4n) is 3.13. The zero-order chi connectivity index (χ0) is 19.3. The van der Waals surface area contributed by atoms with Gasteiger partial charge < -0.3 is 0 Å². The number of rotatable bonds is 5. The second-order valence-corrected chi connectivity index (χ2v) is 8.54. The van der Waals surface area contributed by atoms with E-state index in [1.807, 2.05) is 66.7 Å². The van der Waals surface area contributed by atoms with Crippen LogP contribution in [0.15, 0.2) is 94.4 Å². The fraction of sp³-hybridized carbons (Fsp3) is 0.0833. The Balaban J connectivity index is 1.70. The van der Waals surface area contributed by atoms with Crippen molar-refractivity contribution < 1.29 is 0 Å². The maximum Gasteiger partial charge on any atom is 0.142 e. The summed E-state index contributed by atoms with van der Waals surface area (Å²) in [7, 11) is 0. The van der Waals surface area contributed by atoms with Gasteiger partial charge in [-0.25, -0.2) is 0 Å². The first kappa shape index (κ1) is 18.6. The van der Waals surface area contributed by atoms with Gasteiger partial charge in [-0.3, -0.25) is 4.99 Å². The van der Waals surface area contributed by atoms with Gasteiger partial charge >= 0.3 is 0 Å². The fourth-order valence-corrected chi connectivity index (χ4v) is 4.79. The first-order chi connectivity index (χ1) is 13.7. The molecular formula is C24H17BrN2S. The summed E-state index contributed by atoms with van der Waals surface area (Å²) in [5, 5.41) is 11.0. The summed E-state index contributed by atoms with van der Waals surface area (Å²) in [6, 6.07) is 30.5. The van der Waals surface area contributed by atoms with Crippen LogP contribution in [0.25, 0.3) is 10.1 Å². The summed E-state index contributed by atoms with van der Waals surface area (Å²) in [6.07, 6.45) is 0.608. The number of nitrogens with zero attached hydrogens (tertiary/aromatic N) is 2. The number of fused-ring (bicyclic) bond motifs is 1. The molecule has 4 aromatic rings. The third-order valence-electron chi connectivity index (χ3n) is 4.46. The van der Waals surface area contributed by atoms with Crippen molar-refractivity contribution in [3.8, 4) is 6.07 Å². The maximum absolute atomic E-state index is 9.79. The number of hydrogen-bond donors (Lipinski definition) is 0. The molecule has 1 heterocycles. The summed E-state index contributed by atoms with van der Waals surface area (Å²) in [5.41, 5.74) is 2.90. The quantitative estimate of drug-likeness (QED) is 0.318. The Hall–Kier alpha value is -2.74. The lowest BCUT2D eigenvalue weighted by molar-refractivity contribution is 0.837. The number of aliphatic imine (C=N–C) groups is 1. The van der Waals surface area contributed by atoms with E-state index in [0.717, 1.165) is 21.3 Å². The van der Waals surface area contributed by atoms with Gasteiger partial charge in [0.1, 0.15) is 6.04 Å². The molecular weight excluding hydrogens is 428 g/mol. The Kier molecular flexibility index (Phi) is 5.66. The second-order valence-electron chi connectivity index (χ2n) is 6.45. The largest absolute Gasteiger partial charge is 0.265 e. The number of nitriles is 1. The van der Waals surface area contributed by atoms with Crippen molar-refractivity contribution in [1.29, 1.82) is 5.26 Å². The molecule has 28 heavy (non-hydrogen) atoms. The van der Waals surface area contributed by atoms with Crippen molar-refractivity contribution >= 4 is 43.1 Å². The van der Waals surface area contributed by atoms with Crippen LogP contribution in [-0.2, 0) is 6.42 Å². The number of halogens is 1. The van der Waals surface area contributed by atoms with Gasteiger partial charge in [-0.15, -0.1) is 11.3 Å². The van der Waals surface area contributed by atoms with Crippen LogP contribution in [0.3, 0.4) is 0 Å². The van der Waals surface area contributed by atoms with Crippen molar-refractivity contribution in [2.24, 2.45) is 4.99 Å². The molecule has 3 aromatic carbocycles. The minimum atomic E-state index is -0.438. The Morgan fingerprint density at radius 3 is 2.18 bits per heavy atom. The van der Waals surface area contributed by atoms with Crippen molar-refractivity contribution in [2.75, 3.05) is 0 Å². The van der Waals surface area contributed by atoms with Crippen molar-refractivity contribution in [2.45, 2.75) is 12.5 Å². The molecule has 4 heteroatoms. The van der Waals surface area contributed by atoms with Crippen molar-refractivity contribution in [1.82, 2.24) is 0 Å². The van der Waals surface area contributed by atoms with E-state index < -0.39 is 6.04 Å². The standard InChI is InChI=1S/C24H17BrN2S/c25-20-12-11-19-13-22(28-23(19)14-20)15-21(16-26)27-24(17-7-3-1-4-8-17)18-9-5-2-6-10-18/h1-14,21H,15H2. The highest BCUT2D eigenvalue weighted by Crippen LogP contribution is 2.29. The van der Waals surface area contributed by atoms with Gasteiger partial charge in [0.2, 0.25) is 0 Å². The molecule has 1 unspecified atom stereocenters. The van der Waals surface area contributed by atoms with Crippen LogP contribution < -0.4 is 0 Å². The first-order valence-corrected chi connectivity index (χ1v) is 10.6. The number of hydrogen-bond acceptors (Lipinski definition) is 3. The molecule has 1 aromatic heterocycles. The van der Waals surface area contributed by atoms with E-state index in [2.05, 4.69) is 40.2 Å². The van der Waals surface area contributed by atoms with E-state index in [1.54, 1.807) is 11.3 Å². The smallest absolute Gasteiger partial charge is 0.142 e. The molecule has 0 saturated heterocycles. The van der Waals surface area contributed by atoms with E-state index in [-0.39, 0.29) is 0 Å². The molecule has 0 bridgehead atoms. The van der Waals surface area contributed by atoms with Crippen LogP contribution in [0.5, 0.6) is 0 Å². The molecule has 0 radical (unpaired) electrons. The first-order valence-electron chi connectivity index (χ1n) is 8.99. The molecule has 2 nitrogen and oxygen atoms in total. The van der Waals surface area contributed by atoms with Gasteiger partial charge in [0.25, 0.3) is 0 Å². The zero-order valence-corrected chi connectivity index (χ0v) is 17.5. The molecule has 0 amide bonds. The van der Waals surface area contributed by atoms with Gasteiger partial charge in [0.05, 0.1) is 11.8 Å². The molecule has 0 N–H and O–H groups in total. The minimum absolute atomic E-state index is 0.438. The van der Waals surface area contributed by atoms with Gasteiger partial charge in [-0.1, -0.05) is 82.7 Å². The van der Waals surface area contributed by atoms with Gasteiger partial charge in [-0.05, 0) is 23.6 Å². The number of thiophene rings is 1. The molecule has 1 atom stereocenters. The summed E-state index contributed by atoms with van der Waals surface area (Å²) in [5.74, 6) is 0. The predicted molar refractivity (Wildman–Crippen MR) is 121 cm³/mol. The summed E-state index contributed by atoms with van der Waals surface area (Å²) in [6.45, 7) is 0. The average molecular weight is 445 g/mol. The van der Waals surface area contributed by atoms with E-state index in [1.165, 1.54) is 15.0 Å². The molecule has 0 saturated carbocycles. The Morgan fingerprint density at radius 2 is 1.57 bits per heavy atom. The van der Waals surface area contributed by atoms with E-state index >= 15 is 0 Å². The molecule has 4 rings (SSSR count). The van der Waals surface area contributed by atoms with Crippen molar-refractivity contribution in [3.63, 3.8) is 0 Å². The number of benzene rings is 3. The van der Waals surface area contributed by atoms with Crippen LogP contribution in [0.1, 0.15) is 16.0 Å². The van der Waals surface area contributed by atoms with E-state index in [4.69, 9.17) is 4.99 Å². The monoisotopic (exact) mass is 444 g/mol. The summed E-state index contributed by atoms with van der Waals surface area (Å²) in [4.78, 5) is 6.04. The van der Waals surface area contributed by atoms with Gasteiger partial charge in [0.15, 0.2) is 0 Å². The predicted octanol–water partition coefficient (Wildman–Crippen LogP) is 6.64. The van der Waals surface area contributed by atoms with Crippen LogP contribution in [0, 0.1) is 11.3 Å². The Bertz CT molecular complexity index is 1120. The zero-order valence-electron chi connectivity index (χ0n) is 15.0. The lowest BCUT2D eigenvalue weighted by Crippen LogP contribution is -2.12. The van der Waals surface area contributed by atoms with E-state index in [0.29, 0.717) is 6.42 Å². The lowest BCUT2D eigenvalue weighted by atomic mass is 10.0. The van der Waals surface area contributed by atoms with Crippen molar-refractivity contribution in [3.05, 3.63) is 105 Å². The van der Waals surface area contributed by atoms with E-state index in [9.17, 15) is 5.26 Å². The average Bonchev–Trinajstić information content (AvgIpc) is 3.13. The second kappa shape index (κ2) is 8.52. The molecule has 0 aliphatic heterocycles. The van der Waals surface area contributed by atoms with Crippen LogP contribution in [0.2, 0.25) is 0 Å². The Labute approximate surface area is 176 Å². The molecule has 0 fully saturated rings. The van der Waals surface area contributed by atoms with Gasteiger partial charge in [0, 0.05) is 31.6 Å². The maximum atomic E-state index is 9.79. The lowest BCUT2D eigenvalue weighted by Gasteiger charge is -2.10. The summed E-state index contributed by atoms with van der Waals surface area (Å²) >= 11 is 5.25. The molecule has 0 spiro atoms. The third kappa shape index (κ3) is 4.22. The van der Waals surface area contributed by atoms with Gasteiger partial charge in [-0.2, -0.15) is 5.26 Å². The normalized spacial score (nSPS) is 11.7.